The minimum Gasteiger partial charge on any atom is -0.382 e. The molecule has 4 N–H and O–H groups in total. The molecule has 64 valence electrons. The average Bonchev–Trinajstić information content (AvgIpc) is 2.89. The van der Waals surface area contributed by atoms with Gasteiger partial charge in [0.15, 0.2) is 0 Å². The quantitative estimate of drug-likeness (QED) is 0.459. The summed E-state index contributed by atoms with van der Waals surface area (Å²) in [6, 6.07) is 4.51. The Morgan fingerprint density at radius 3 is 3.00 bits per heavy atom. The lowest BCUT2D eigenvalue weighted by Gasteiger charge is -2.05. The van der Waals surface area contributed by atoms with E-state index >= 15 is 0 Å². The molecule has 0 saturated heterocycles. The molecule has 0 aliphatic heterocycles. The summed E-state index contributed by atoms with van der Waals surface area (Å²) in [4.78, 5) is 4.01. The van der Waals surface area contributed by atoms with E-state index in [-0.39, 0.29) is 0 Å². The van der Waals surface area contributed by atoms with Crippen LogP contribution in [0.1, 0.15) is 12.8 Å². The Bertz CT molecular complexity index is 270. The van der Waals surface area contributed by atoms with Gasteiger partial charge in [-0.05, 0) is 18.9 Å². The Kier molecular flexibility index (Phi) is 1.83. The van der Waals surface area contributed by atoms with Crippen molar-refractivity contribution in [3.63, 3.8) is 0 Å². The third-order valence-corrected chi connectivity index (χ3v) is 1.86. The van der Waals surface area contributed by atoms with Gasteiger partial charge in [-0.3, -0.25) is 0 Å². The Hall–Kier alpha value is -1.29. The summed E-state index contributed by atoms with van der Waals surface area (Å²) in [6.07, 6.45) is 4.28. The standard InChI is InChI=1S/C8H12N4/c9-12-8-5-7(3-4-10-8)11-6-1-2-6/h3-6H,1-2,9H2,(H2,10,11,12). The van der Waals surface area contributed by atoms with Crippen LogP contribution >= 0.6 is 0 Å². The normalized spacial score (nSPS) is 15.8. The topological polar surface area (TPSA) is 63.0 Å². The molecule has 1 fully saturated rings. The first-order chi connectivity index (χ1) is 5.88. The summed E-state index contributed by atoms with van der Waals surface area (Å²) in [5, 5.41) is 3.36. The SMILES string of the molecule is NNc1cc(NC2CC2)ccn1. The van der Waals surface area contributed by atoms with Crippen molar-refractivity contribution in [1.29, 1.82) is 0 Å². The van der Waals surface area contributed by atoms with E-state index in [0.29, 0.717) is 11.9 Å². The molecule has 0 amide bonds. The van der Waals surface area contributed by atoms with Crippen molar-refractivity contribution >= 4 is 11.5 Å². The molecule has 0 spiro atoms. The second-order valence-electron chi connectivity index (χ2n) is 2.99. The minimum absolute atomic E-state index is 0.665. The van der Waals surface area contributed by atoms with E-state index in [2.05, 4.69) is 15.7 Å². The van der Waals surface area contributed by atoms with Gasteiger partial charge in [0.1, 0.15) is 5.82 Å². The lowest BCUT2D eigenvalue weighted by atomic mass is 10.4. The number of anilines is 2. The third kappa shape index (κ3) is 1.65. The van der Waals surface area contributed by atoms with Gasteiger partial charge in [-0.25, -0.2) is 10.8 Å². The lowest BCUT2D eigenvalue weighted by molar-refractivity contribution is 1.14. The zero-order valence-electron chi connectivity index (χ0n) is 6.75. The molecule has 1 aromatic heterocycles. The van der Waals surface area contributed by atoms with E-state index in [0.717, 1.165) is 5.69 Å². The maximum atomic E-state index is 5.22. The molecule has 4 heteroatoms. The molecule has 4 nitrogen and oxygen atoms in total. The number of hydrogen-bond donors (Lipinski definition) is 3. The number of hydrazine groups is 1. The van der Waals surface area contributed by atoms with E-state index in [1.165, 1.54) is 12.8 Å². The third-order valence-electron chi connectivity index (χ3n) is 1.86. The van der Waals surface area contributed by atoms with E-state index in [9.17, 15) is 0 Å². The highest BCUT2D eigenvalue weighted by atomic mass is 15.2. The summed E-state index contributed by atoms with van der Waals surface area (Å²) >= 11 is 0. The summed E-state index contributed by atoms with van der Waals surface area (Å²) in [5.41, 5.74) is 3.59. The summed E-state index contributed by atoms with van der Waals surface area (Å²) in [5.74, 6) is 5.92. The number of pyridine rings is 1. The van der Waals surface area contributed by atoms with Gasteiger partial charge in [-0.1, -0.05) is 0 Å². The Morgan fingerprint density at radius 1 is 1.50 bits per heavy atom. The van der Waals surface area contributed by atoms with Crippen molar-refractivity contribution in [3.8, 4) is 0 Å². The molecule has 0 radical (unpaired) electrons. The number of nitrogens with two attached hydrogens (primary N) is 1. The molecule has 2 rings (SSSR count). The highest BCUT2D eigenvalue weighted by Crippen LogP contribution is 2.24. The van der Waals surface area contributed by atoms with Crippen LogP contribution in [0, 0.1) is 0 Å². The molecule has 0 atom stereocenters. The van der Waals surface area contributed by atoms with Crippen molar-refractivity contribution in [2.45, 2.75) is 18.9 Å². The first kappa shape index (κ1) is 7.36. The van der Waals surface area contributed by atoms with Crippen LogP contribution in [0.5, 0.6) is 0 Å². The van der Waals surface area contributed by atoms with Gasteiger partial charge in [0.25, 0.3) is 0 Å². The van der Waals surface area contributed by atoms with Gasteiger partial charge in [-0.15, -0.1) is 0 Å². The summed E-state index contributed by atoms with van der Waals surface area (Å²) in [6.45, 7) is 0. The number of nitrogens with one attached hydrogen (secondary N) is 2. The Labute approximate surface area is 71.1 Å². The first-order valence-electron chi connectivity index (χ1n) is 4.08. The highest BCUT2D eigenvalue weighted by Gasteiger charge is 2.20. The monoisotopic (exact) mass is 164 g/mol. The molecule has 1 aromatic rings. The zero-order chi connectivity index (χ0) is 8.39. The van der Waals surface area contributed by atoms with Crippen LogP contribution < -0.4 is 16.6 Å². The van der Waals surface area contributed by atoms with Gasteiger partial charge >= 0.3 is 0 Å². The Morgan fingerprint density at radius 2 is 2.33 bits per heavy atom. The number of rotatable bonds is 3. The van der Waals surface area contributed by atoms with Gasteiger partial charge in [0.2, 0.25) is 0 Å². The van der Waals surface area contributed by atoms with E-state index < -0.39 is 0 Å². The van der Waals surface area contributed by atoms with Crippen LogP contribution in [-0.2, 0) is 0 Å². The van der Waals surface area contributed by atoms with Crippen LogP contribution in [0.3, 0.4) is 0 Å². The molecule has 0 aromatic carbocycles. The predicted molar refractivity (Wildman–Crippen MR) is 48.7 cm³/mol. The molecule has 1 aliphatic carbocycles. The molecular weight excluding hydrogens is 152 g/mol. The van der Waals surface area contributed by atoms with Crippen LogP contribution in [-0.4, -0.2) is 11.0 Å². The minimum atomic E-state index is 0.665. The van der Waals surface area contributed by atoms with Crippen molar-refractivity contribution < 1.29 is 0 Å². The zero-order valence-corrected chi connectivity index (χ0v) is 6.75. The van der Waals surface area contributed by atoms with Crippen molar-refractivity contribution in [3.05, 3.63) is 18.3 Å². The highest BCUT2D eigenvalue weighted by molar-refractivity contribution is 5.52. The lowest BCUT2D eigenvalue weighted by Crippen LogP contribution is -2.09. The number of aromatic nitrogens is 1. The average molecular weight is 164 g/mol. The van der Waals surface area contributed by atoms with Crippen molar-refractivity contribution in [2.24, 2.45) is 5.84 Å². The second kappa shape index (κ2) is 2.98. The first-order valence-corrected chi connectivity index (χ1v) is 4.08. The van der Waals surface area contributed by atoms with Crippen LogP contribution in [0.25, 0.3) is 0 Å². The molecular formula is C8H12N4. The van der Waals surface area contributed by atoms with E-state index in [1.54, 1.807) is 6.20 Å². The fraction of sp³-hybridized carbons (Fsp3) is 0.375. The van der Waals surface area contributed by atoms with E-state index in [4.69, 9.17) is 5.84 Å². The summed E-state index contributed by atoms with van der Waals surface area (Å²) < 4.78 is 0. The van der Waals surface area contributed by atoms with Gasteiger partial charge in [0.05, 0.1) is 0 Å². The van der Waals surface area contributed by atoms with E-state index in [1.807, 2.05) is 12.1 Å². The second-order valence-corrected chi connectivity index (χ2v) is 2.99. The molecule has 0 bridgehead atoms. The van der Waals surface area contributed by atoms with Crippen LogP contribution in [0.15, 0.2) is 18.3 Å². The predicted octanol–water partition coefficient (Wildman–Crippen LogP) is 0.942. The van der Waals surface area contributed by atoms with Crippen molar-refractivity contribution in [1.82, 2.24) is 4.98 Å². The molecule has 1 aliphatic rings. The smallest absolute Gasteiger partial charge is 0.141 e. The van der Waals surface area contributed by atoms with Gasteiger partial charge < -0.3 is 10.7 Å². The van der Waals surface area contributed by atoms with Crippen LogP contribution in [0.4, 0.5) is 11.5 Å². The molecule has 1 saturated carbocycles. The molecule has 1 heterocycles. The number of hydrogen-bond acceptors (Lipinski definition) is 4. The van der Waals surface area contributed by atoms with Gasteiger partial charge in [-0.2, -0.15) is 0 Å². The molecule has 12 heavy (non-hydrogen) atoms. The number of nitrogens with zero attached hydrogens (tertiary/aromatic N) is 1. The fourth-order valence-corrected chi connectivity index (χ4v) is 1.06. The van der Waals surface area contributed by atoms with Crippen LogP contribution in [0.2, 0.25) is 0 Å². The maximum Gasteiger partial charge on any atom is 0.141 e. The fourth-order valence-electron chi connectivity index (χ4n) is 1.06. The largest absolute Gasteiger partial charge is 0.382 e. The summed E-state index contributed by atoms with van der Waals surface area (Å²) in [7, 11) is 0. The Balaban J connectivity index is 2.08. The maximum absolute atomic E-state index is 5.22. The number of nitrogen functional groups attached to an aromatic ring is 1. The molecule has 0 unspecified atom stereocenters. The van der Waals surface area contributed by atoms with Gasteiger partial charge in [0, 0.05) is 24.0 Å². The van der Waals surface area contributed by atoms with Crippen molar-refractivity contribution in [2.75, 3.05) is 10.7 Å².